The molecule has 0 N–H and O–H groups in total. The van der Waals surface area contributed by atoms with Gasteiger partial charge in [-0.05, 0) is 26.0 Å². The van der Waals surface area contributed by atoms with E-state index in [4.69, 9.17) is 9.90 Å². The van der Waals surface area contributed by atoms with Crippen molar-refractivity contribution in [1.29, 1.82) is 0 Å². The summed E-state index contributed by atoms with van der Waals surface area (Å²) in [4.78, 5) is 21.6. The van der Waals surface area contributed by atoms with Gasteiger partial charge in [0.15, 0.2) is 0 Å². The van der Waals surface area contributed by atoms with E-state index in [0.29, 0.717) is 0 Å². The summed E-state index contributed by atoms with van der Waals surface area (Å²) in [7, 11) is 0. The van der Waals surface area contributed by atoms with Crippen LogP contribution in [0.2, 0.25) is 0 Å². The van der Waals surface area contributed by atoms with Crippen molar-refractivity contribution in [3.63, 3.8) is 0 Å². The Kier molecular flexibility index (Phi) is 17.8. The molecule has 1 amide bonds. The van der Waals surface area contributed by atoms with Crippen LogP contribution in [-0.4, -0.2) is 29.9 Å². The molecule has 0 aromatic heterocycles. The van der Waals surface area contributed by atoms with Gasteiger partial charge in [0.25, 0.3) is 0 Å². The summed E-state index contributed by atoms with van der Waals surface area (Å²) < 4.78 is 0. The average Bonchev–Trinajstić information content (AvgIpc) is 2.20. The molecular formula is C10H16NNaO3. The zero-order valence-electron chi connectivity index (χ0n) is 9.66. The Morgan fingerprint density at radius 1 is 1.20 bits per heavy atom. The van der Waals surface area contributed by atoms with Gasteiger partial charge < -0.3 is 14.8 Å². The first-order valence-electron chi connectivity index (χ1n) is 4.28. The fourth-order valence-electron chi connectivity index (χ4n) is 0.664. The fourth-order valence-corrected chi connectivity index (χ4v) is 0.664. The number of carboxylic acid groups (broad SMARTS) is 1. The van der Waals surface area contributed by atoms with Crippen molar-refractivity contribution in [3.8, 4) is 0 Å². The molecule has 15 heavy (non-hydrogen) atoms. The van der Waals surface area contributed by atoms with Crippen LogP contribution < -0.4 is 34.7 Å². The van der Waals surface area contributed by atoms with Gasteiger partial charge >= 0.3 is 29.6 Å². The number of carboxylic acids is 1. The second-order valence-electron chi connectivity index (χ2n) is 2.24. The third kappa shape index (κ3) is 13.4. The summed E-state index contributed by atoms with van der Waals surface area (Å²) in [6.45, 7) is 11.7. The Bertz CT molecular complexity index is 213. The Morgan fingerprint density at radius 2 is 1.53 bits per heavy atom. The quantitative estimate of drug-likeness (QED) is 0.375. The summed E-state index contributed by atoms with van der Waals surface area (Å²) in [5.41, 5.74) is 0. The van der Waals surface area contributed by atoms with Crippen molar-refractivity contribution in [2.75, 3.05) is 13.1 Å². The Morgan fingerprint density at radius 3 is 1.60 bits per heavy atom. The van der Waals surface area contributed by atoms with E-state index in [2.05, 4.69) is 13.2 Å². The summed E-state index contributed by atoms with van der Waals surface area (Å²) in [6.07, 6.45) is 2.06. The molecule has 0 aliphatic carbocycles. The zero-order chi connectivity index (χ0) is 11.6. The molecule has 0 atom stereocenters. The van der Waals surface area contributed by atoms with Crippen LogP contribution in [0, 0.1) is 0 Å². The van der Waals surface area contributed by atoms with Crippen molar-refractivity contribution >= 4 is 11.9 Å². The second kappa shape index (κ2) is 13.4. The topological polar surface area (TPSA) is 60.4 Å². The van der Waals surface area contributed by atoms with Gasteiger partial charge in [-0.2, -0.15) is 0 Å². The van der Waals surface area contributed by atoms with Gasteiger partial charge in [-0.25, -0.2) is 0 Å². The van der Waals surface area contributed by atoms with Crippen LogP contribution in [0.3, 0.4) is 0 Å². The van der Waals surface area contributed by atoms with Crippen molar-refractivity contribution in [2.24, 2.45) is 0 Å². The van der Waals surface area contributed by atoms with Crippen LogP contribution in [-0.2, 0) is 9.59 Å². The molecular weight excluding hydrogens is 205 g/mol. The van der Waals surface area contributed by atoms with E-state index in [0.717, 1.165) is 19.2 Å². The first-order chi connectivity index (χ1) is 6.53. The second-order valence-corrected chi connectivity index (χ2v) is 2.24. The van der Waals surface area contributed by atoms with Crippen LogP contribution in [0.25, 0.3) is 0 Å². The monoisotopic (exact) mass is 221 g/mol. The molecule has 0 aliphatic heterocycles. The van der Waals surface area contributed by atoms with E-state index < -0.39 is 5.97 Å². The van der Waals surface area contributed by atoms with Gasteiger partial charge in [-0.3, -0.25) is 4.79 Å². The van der Waals surface area contributed by atoms with E-state index in [9.17, 15) is 4.79 Å². The number of hydrogen-bond donors (Lipinski definition) is 0. The number of rotatable bonds is 4. The maximum absolute atomic E-state index is 10.8. The van der Waals surface area contributed by atoms with Crippen molar-refractivity contribution in [3.05, 3.63) is 25.3 Å². The number of carbonyl (C=O) groups excluding carboxylic acids is 2. The van der Waals surface area contributed by atoms with Gasteiger partial charge in [0.05, 0.1) is 5.97 Å². The zero-order valence-corrected chi connectivity index (χ0v) is 11.7. The number of amides is 1. The van der Waals surface area contributed by atoms with Crippen molar-refractivity contribution in [2.45, 2.75) is 13.8 Å². The Labute approximate surface area is 113 Å². The van der Waals surface area contributed by atoms with E-state index >= 15 is 0 Å². The molecule has 0 fully saturated rings. The molecule has 4 nitrogen and oxygen atoms in total. The maximum Gasteiger partial charge on any atom is 1.00 e. The van der Waals surface area contributed by atoms with Gasteiger partial charge in [0, 0.05) is 13.1 Å². The van der Waals surface area contributed by atoms with E-state index in [1.165, 1.54) is 6.08 Å². The molecule has 0 rings (SSSR count). The van der Waals surface area contributed by atoms with Crippen molar-refractivity contribution < 1.29 is 44.3 Å². The number of hydrogen-bond acceptors (Lipinski definition) is 3. The van der Waals surface area contributed by atoms with E-state index in [1.54, 1.807) is 4.90 Å². The largest absolute Gasteiger partial charge is 1.00 e. The van der Waals surface area contributed by atoms with Crippen LogP contribution in [0.15, 0.2) is 25.3 Å². The van der Waals surface area contributed by atoms with E-state index in [1.807, 2.05) is 13.8 Å². The Hall–Kier alpha value is -0.580. The third-order valence-electron chi connectivity index (χ3n) is 1.42. The van der Waals surface area contributed by atoms with Crippen molar-refractivity contribution in [1.82, 2.24) is 4.90 Å². The minimum atomic E-state index is -1.23. The van der Waals surface area contributed by atoms with Crippen LogP contribution in [0.4, 0.5) is 0 Å². The van der Waals surface area contributed by atoms with Gasteiger partial charge in [0.1, 0.15) is 0 Å². The standard InChI is InChI=1S/C7H13NO.C3H4O2.Na/c1-4-7(9)8(5-2)6-3;1-2-3(4)5;/h4H,1,5-6H2,2-3H3;2H,1H2,(H,4,5);/q;;+1/p-1. The summed E-state index contributed by atoms with van der Waals surface area (Å²) in [5.74, 6) is -1.22. The normalized spacial score (nSPS) is 7.33. The van der Waals surface area contributed by atoms with Crippen LogP contribution in [0.1, 0.15) is 13.8 Å². The maximum atomic E-state index is 10.8. The number of likely N-dealkylation sites (N-methyl/N-ethyl adjacent to an activating group) is 1. The van der Waals surface area contributed by atoms with Crippen LogP contribution in [0.5, 0.6) is 0 Å². The van der Waals surface area contributed by atoms with E-state index in [-0.39, 0.29) is 35.5 Å². The molecule has 0 unspecified atom stereocenters. The Balaban J connectivity index is -0.000000208. The first-order valence-corrected chi connectivity index (χ1v) is 4.28. The summed E-state index contributed by atoms with van der Waals surface area (Å²) in [5, 5.41) is 9.14. The van der Waals surface area contributed by atoms with Gasteiger partial charge in [-0.1, -0.05) is 13.2 Å². The molecule has 5 heteroatoms. The molecule has 0 aromatic rings. The molecule has 80 valence electrons. The van der Waals surface area contributed by atoms with Crippen LogP contribution >= 0.6 is 0 Å². The predicted molar refractivity (Wildman–Crippen MR) is 53.3 cm³/mol. The average molecular weight is 221 g/mol. The number of aliphatic carboxylic acids is 1. The number of carbonyl (C=O) groups is 2. The minimum absolute atomic E-state index is 0. The SMILES string of the molecule is C=CC(=O)N(CC)CC.C=CC(=O)[O-].[Na+]. The summed E-state index contributed by atoms with van der Waals surface area (Å²) >= 11 is 0. The fraction of sp³-hybridized carbons (Fsp3) is 0.400. The first kappa shape index (κ1) is 19.9. The van der Waals surface area contributed by atoms with Gasteiger partial charge in [-0.15, -0.1) is 0 Å². The number of nitrogens with zero attached hydrogens (tertiary/aromatic N) is 1. The molecule has 0 spiro atoms. The van der Waals surface area contributed by atoms with Gasteiger partial charge in [0.2, 0.25) is 5.91 Å². The third-order valence-corrected chi connectivity index (χ3v) is 1.42. The molecule has 0 saturated heterocycles. The molecule has 0 radical (unpaired) electrons. The minimum Gasteiger partial charge on any atom is -0.545 e. The molecule has 0 heterocycles. The molecule has 0 saturated carbocycles. The summed E-state index contributed by atoms with van der Waals surface area (Å²) in [6, 6.07) is 0. The molecule has 0 bridgehead atoms. The smallest absolute Gasteiger partial charge is 0.545 e. The molecule has 0 aliphatic rings. The predicted octanol–water partition coefficient (Wildman–Crippen LogP) is -3.03. The molecule has 0 aromatic carbocycles.